The predicted octanol–water partition coefficient (Wildman–Crippen LogP) is 8.75. The first-order valence-electron chi connectivity index (χ1n) is 17.0. The van der Waals surface area contributed by atoms with Gasteiger partial charge in [0.25, 0.3) is 0 Å². The van der Waals surface area contributed by atoms with Gasteiger partial charge in [-0.05, 0) is 19.8 Å². The van der Waals surface area contributed by atoms with Crippen LogP contribution in [0.5, 0.6) is 0 Å². The maximum Gasteiger partial charge on any atom is 0.407 e. The normalized spacial score (nSPS) is 12.2. The summed E-state index contributed by atoms with van der Waals surface area (Å²) >= 11 is 0. The number of unbranched alkanes of at least 4 members (excludes halogenated alkanes) is 18. The number of amides is 2. The fraction of sp³-hybridized carbons (Fsp3) is 0.939. The topological polar surface area (TPSA) is 76.7 Å². The molecule has 0 aliphatic rings. The Bertz CT molecular complexity index is 586. The molecule has 0 aliphatic heterocycles. The van der Waals surface area contributed by atoms with Crippen molar-refractivity contribution in [2.24, 2.45) is 0 Å². The zero-order chi connectivity index (χ0) is 29.7. The van der Waals surface area contributed by atoms with E-state index in [1.165, 1.54) is 103 Å². The Labute approximate surface area is 248 Å². The molecule has 2 amide bonds. The Morgan fingerprint density at radius 3 is 1.35 bits per heavy atom. The van der Waals surface area contributed by atoms with Crippen LogP contribution in [0, 0.1) is 0 Å². The molecule has 0 radical (unpaired) electrons. The SMILES string of the molecule is CCCCCCCCCCCCNC(=O)OCC(C[N+](C)(C)CC)OC(=O)NCCCCCCCCCCCC. The lowest BCUT2D eigenvalue weighted by Gasteiger charge is -2.31. The molecule has 0 aromatic carbocycles. The Morgan fingerprint density at radius 1 is 0.575 bits per heavy atom. The Balaban J connectivity index is 4.04. The van der Waals surface area contributed by atoms with Gasteiger partial charge in [-0.1, -0.05) is 129 Å². The summed E-state index contributed by atoms with van der Waals surface area (Å²) in [5.41, 5.74) is 0. The molecule has 40 heavy (non-hydrogen) atoms. The maximum atomic E-state index is 12.4. The van der Waals surface area contributed by atoms with Gasteiger partial charge >= 0.3 is 12.2 Å². The minimum absolute atomic E-state index is 0.0667. The number of likely N-dealkylation sites (N-methyl/N-ethyl adjacent to an activating group) is 1. The number of carbonyl (C=O) groups is 2. The van der Waals surface area contributed by atoms with E-state index in [1.54, 1.807) is 0 Å². The summed E-state index contributed by atoms with van der Waals surface area (Å²) in [7, 11) is 4.17. The number of nitrogens with one attached hydrogen (secondary N) is 2. The number of hydrogen-bond acceptors (Lipinski definition) is 4. The van der Waals surface area contributed by atoms with E-state index in [-0.39, 0.29) is 6.61 Å². The van der Waals surface area contributed by atoms with Gasteiger partial charge in [0.2, 0.25) is 0 Å². The highest BCUT2D eigenvalue weighted by Crippen LogP contribution is 2.11. The number of ether oxygens (including phenoxy) is 2. The quantitative estimate of drug-likeness (QED) is 0.0728. The van der Waals surface area contributed by atoms with E-state index < -0.39 is 18.3 Å². The van der Waals surface area contributed by atoms with E-state index in [0.717, 1.165) is 32.2 Å². The van der Waals surface area contributed by atoms with Gasteiger partial charge in [-0.3, -0.25) is 0 Å². The molecule has 0 spiro atoms. The van der Waals surface area contributed by atoms with Crippen LogP contribution in [-0.2, 0) is 9.47 Å². The molecule has 0 aromatic heterocycles. The van der Waals surface area contributed by atoms with E-state index in [0.29, 0.717) is 24.1 Å². The second kappa shape index (κ2) is 27.7. The molecule has 0 aromatic rings. The van der Waals surface area contributed by atoms with Crippen LogP contribution in [0.3, 0.4) is 0 Å². The van der Waals surface area contributed by atoms with Crippen molar-refractivity contribution in [2.45, 2.75) is 155 Å². The molecule has 1 atom stereocenters. The number of quaternary nitrogens is 1. The first-order chi connectivity index (χ1) is 19.3. The van der Waals surface area contributed by atoms with Crippen molar-refractivity contribution in [3.8, 4) is 0 Å². The molecule has 0 bridgehead atoms. The van der Waals surface area contributed by atoms with Crippen molar-refractivity contribution in [3.05, 3.63) is 0 Å². The van der Waals surface area contributed by atoms with E-state index >= 15 is 0 Å². The summed E-state index contributed by atoms with van der Waals surface area (Å²) in [5, 5.41) is 5.73. The lowest BCUT2D eigenvalue weighted by Crippen LogP contribution is -2.49. The van der Waals surface area contributed by atoms with Gasteiger partial charge in [0.15, 0.2) is 6.10 Å². The highest BCUT2D eigenvalue weighted by atomic mass is 16.6. The number of carbonyl (C=O) groups excluding carboxylic acids is 2. The summed E-state index contributed by atoms with van der Waals surface area (Å²) in [6.07, 6.45) is 23.9. The summed E-state index contributed by atoms with van der Waals surface area (Å²) in [4.78, 5) is 24.6. The number of nitrogens with zero attached hydrogens (tertiary/aromatic N) is 1. The first kappa shape index (κ1) is 38.5. The summed E-state index contributed by atoms with van der Waals surface area (Å²) < 4.78 is 11.8. The van der Waals surface area contributed by atoms with Crippen LogP contribution in [0.15, 0.2) is 0 Å². The zero-order valence-electron chi connectivity index (χ0n) is 27.3. The Hall–Kier alpha value is -1.50. The van der Waals surface area contributed by atoms with Crippen molar-refractivity contribution in [1.82, 2.24) is 10.6 Å². The second-order valence-electron chi connectivity index (χ2n) is 12.3. The van der Waals surface area contributed by atoms with Crippen LogP contribution in [0.2, 0.25) is 0 Å². The summed E-state index contributed by atoms with van der Waals surface area (Å²) in [5.74, 6) is 0. The highest BCUT2D eigenvalue weighted by Gasteiger charge is 2.25. The van der Waals surface area contributed by atoms with Crippen LogP contribution in [-0.4, -0.2) is 69.7 Å². The molecule has 238 valence electrons. The lowest BCUT2D eigenvalue weighted by molar-refractivity contribution is -0.891. The molecule has 0 fully saturated rings. The van der Waals surface area contributed by atoms with Gasteiger partial charge in [-0.2, -0.15) is 0 Å². The van der Waals surface area contributed by atoms with E-state index in [2.05, 4.69) is 45.5 Å². The smallest absolute Gasteiger partial charge is 0.407 e. The fourth-order valence-corrected chi connectivity index (χ4v) is 4.82. The molecule has 7 heteroatoms. The van der Waals surface area contributed by atoms with Gasteiger partial charge in [-0.15, -0.1) is 0 Å². The van der Waals surface area contributed by atoms with E-state index in [9.17, 15) is 9.59 Å². The largest absolute Gasteiger partial charge is 0.445 e. The van der Waals surface area contributed by atoms with Crippen LogP contribution < -0.4 is 10.6 Å². The molecule has 2 N–H and O–H groups in total. The Kier molecular flexibility index (Phi) is 26.6. The zero-order valence-corrected chi connectivity index (χ0v) is 27.3. The van der Waals surface area contributed by atoms with Gasteiger partial charge in [0.1, 0.15) is 13.2 Å². The fourth-order valence-electron chi connectivity index (χ4n) is 4.82. The molecule has 0 saturated heterocycles. The third-order valence-electron chi connectivity index (χ3n) is 7.83. The highest BCUT2D eigenvalue weighted by molar-refractivity contribution is 5.68. The van der Waals surface area contributed by atoms with Crippen molar-refractivity contribution in [2.75, 3.05) is 46.9 Å². The van der Waals surface area contributed by atoms with Crippen molar-refractivity contribution in [3.63, 3.8) is 0 Å². The molecular weight excluding hydrogens is 502 g/mol. The monoisotopic (exact) mass is 571 g/mol. The molecule has 0 saturated carbocycles. The van der Waals surface area contributed by atoms with Gasteiger partial charge in [0.05, 0.1) is 20.6 Å². The predicted molar refractivity (Wildman–Crippen MR) is 169 cm³/mol. The minimum atomic E-state index is -0.481. The summed E-state index contributed by atoms with van der Waals surface area (Å²) in [6, 6.07) is 0. The lowest BCUT2D eigenvalue weighted by atomic mass is 10.1. The molecule has 0 rings (SSSR count). The third kappa shape index (κ3) is 26.7. The maximum absolute atomic E-state index is 12.4. The molecule has 0 heterocycles. The minimum Gasteiger partial charge on any atom is -0.445 e. The van der Waals surface area contributed by atoms with Crippen molar-refractivity contribution < 1.29 is 23.5 Å². The van der Waals surface area contributed by atoms with Crippen molar-refractivity contribution >= 4 is 12.2 Å². The second-order valence-corrected chi connectivity index (χ2v) is 12.3. The van der Waals surface area contributed by atoms with Crippen LogP contribution >= 0.6 is 0 Å². The van der Waals surface area contributed by atoms with E-state index in [4.69, 9.17) is 9.47 Å². The van der Waals surface area contributed by atoms with Crippen molar-refractivity contribution in [1.29, 1.82) is 0 Å². The van der Waals surface area contributed by atoms with Crippen LogP contribution in [0.1, 0.15) is 149 Å². The Morgan fingerprint density at radius 2 is 0.950 bits per heavy atom. The molecule has 0 aliphatic carbocycles. The van der Waals surface area contributed by atoms with Gasteiger partial charge < -0.3 is 24.6 Å². The number of hydrogen-bond donors (Lipinski definition) is 2. The van der Waals surface area contributed by atoms with Gasteiger partial charge in [-0.25, -0.2) is 9.59 Å². The van der Waals surface area contributed by atoms with Gasteiger partial charge in [0, 0.05) is 13.1 Å². The average molecular weight is 571 g/mol. The average Bonchev–Trinajstić information content (AvgIpc) is 2.93. The summed E-state index contributed by atoms with van der Waals surface area (Å²) in [6.45, 7) is 9.40. The first-order valence-corrected chi connectivity index (χ1v) is 17.0. The van der Waals surface area contributed by atoms with E-state index in [1.807, 2.05) is 0 Å². The van der Waals surface area contributed by atoms with Crippen LogP contribution in [0.25, 0.3) is 0 Å². The van der Waals surface area contributed by atoms with Crippen LogP contribution in [0.4, 0.5) is 9.59 Å². The molecular formula is C33H68N3O4+. The standard InChI is InChI=1S/C33H67N3O4/c1-6-9-11-13-15-17-19-21-23-25-27-34-32(37)39-30-31(29-36(4,5)8-3)40-33(38)35-28-26-24-22-20-18-16-14-12-10-7-2/h31H,6-30H2,1-5H3,(H-,34,35,37,38)/p+1. The number of rotatable bonds is 28. The number of alkyl carbamates (subject to hydrolysis) is 2. The molecule has 1 unspecified atom stereocenters. The molecule has 7 nitrogen and oxygen atoms in total. The third-order valence-corrected chi connectivity index (χ3v) is 7.83.